The van der Waals surface area contributed by atoms with E-state index in [1.807, 2.05) is 18.2 Å². The van der Waals surface area contributed by atoms with Gasteiger partial charge in [-0.15, -0.1) is 0 Å². The Balaban J connectivity index is 2.32. The number of rotatable bonds is 4. The Morgan fingerprint density at radius 2 is 2.00 bits per heavy atom. The average molecular weight is 280 g/mol. The van der Waals surface area contributed by atoms with Crippen LogP contribution in [-0.2, 0) is 6.42 Å². The molecule has 0 saturated heterocycles. The average Bonchev–Trinajstić information content (AvgIpc) is 2.38. The number of aryl methyl sites for hydroxylation is 1. The number of hydrogen-bond acceptors (Lipinski definition) is 5. The van der Waals surface area contributed by atoms with Crippen LogP contribution in [0.25, 0.3) is 0 Å². The summed E-state index contributed by atoms with van der Waals surface area (Å²) < 4.78 is 10.9. The molecule has 19 heavy (non-hydrogen) atoms. The van der Waals surface area contributed by atoms with Crippen molar-refractivity contribution in [3.8, 4) is 17.4 Å². The molecule has 1 aromatic heterocycles. The van der Waals surface area contributed by atoms with Gasteiger partial charge in [0.25, 0.3) is 0 Å². The molecule has 0 aliphatic rings. The number of anilines is 1. The van der Waals surface area contributed by atoms with Gasteiger partial charge in [-0.2, -0.15) is 4.98 Å². The van der Waals surface area contributed by atoms with Crippen LogP contribution in [0.15, 0.2) is 24.3 Å². The fourth-order valence-corrected chi connectivity index (χ4v) is 1.77. The Hall–Kier alpha value is -2.01. The first-order chi connectivity index (χ1) is 9.12. The number of nitrogens with two attached hydrogens (primary N) is 1. The van der Waals surface area contributed by atoms with E-state index in [2.05, 4.69) is 16.9 Å². The van der Waals surface area contributed by atoms with Crippen LogP contribution >= 0.6 is 11.6 Å². The van der Waals surface area contributed by atoms with Crippen LogP contribution < -0.4 is 15.2 Å². The maximum absolute atomic E-state index is 5.80. The van der Waals surface area contributed by atoms with E-state index in [9.17, 15) is 0 Å². The fraction of sp³-hybridized carbons (Fsp3) is 0.231. The molecule has 0 fully saturated rings. The van der Waals surface area contributed by atoms with E-state index >= 15 is 0 Å². The fourth-order valence-electron chi connectivity index (χ4n) is 1.59. The van der Waals surface area contributed by atoms with Crippen LogP contribution in [0.4, 0.5) is 5.95 Å². The molecule has 0 amide bonds. The van der Waals surface area contributed by atoms with Crippen LogP contribution in [0.1, 0.15) is 12.5 Å². The van der Waals surface area contributed by atoms with Crippen LogP contribution in [-0.4, -0.2) is 17.1 Å². The molecule has 2 rings (SSSR count). The highest BCUT2D eigenvalue weighted by molar-refractivity contribution is 6.29. The van der Waals surface area contributed by atoms with Gasteiger partial charge in [0.15, 0.2) is 11.5 Å². The highest BCUT2D eigenvalue weighted by Crippen LogP contribution is 2.32. The lowest BCUT2D eigenvalue weighted by Gasteiger charge is -2.11. The quantitative estimate of drug-likeness (QED) is 0.871. The van der Waals surface area contributed by atoms with E-state index in [4.69, 9.17) is 26.8 Å². The molecule has 6 heteroatoms. The van der Waals surface area contributed by atoms with E-state index in [1.54, 1.807) is 7.11 Å². The summed E-state index contributed by atoms with van der Waals surface area (Å²) in [4.78, 5) is 7.72. The van der Waals surface area contributed by atoms with Crippen molar-refractivity contribution in [2.24, 2.45) is 0 Å². The topological polar surface area (TPSA) is 70.3 Å². The smallest absolute Gasteiger partial charge is 0.225 e. The molecular weight excluding hydrogens is 266 g/mol. The lowest BCUT2D eigenvalue weighted by molar-refractivity contribution is 0.373. The summed E-state index contributed by atoms with van der Waals surface area (Å²) >= 11 is 5.80. The van der Waals surface area contributed by atoms with Crippen molar-refractivity contribution >= 4 is 17.5 Å². The van der Waals surface area contributed by atoms with Gasteiger partial charge in [-0.05, 0) is 24.1 Å². The third-order valence-electron chi connectivity index (χ3n) is 2.54. The molecule has 0 radical (unpaired) electrons. The Morgan fingerprint density at radius 3 is 2.63 bits per heavy atom. The number of aromatic nitrogens is 2. The van der Waals surface area contributed by atoms with Gasteiger partial charge >= 0.3 is 0 Å². The van der Waals surface area contributed by atoms with Gasteiger partial charge in [-0.3, -0.25) is 0 Å². The van der Waals surface area contributed by atoms with Crippen molar-refractivity contribution in [2.45, 2.75) is 13.3 Å². The minimum atomic E-state index is 0.0617. The molecule has 0 saturated carbocycles. The van der Waals surface area contributed by atoms with Gasteiger partial charge in [0, 0.05) is 6.07 Å². The van der Waals surface area contributed by atoms with Crippen molar-refractivity contribution in [3.63, 3.8) is 0 Å². The molecule has 1 aromatic carbocycles. The first-order valence-electron chi connectivity index (χ1n) is 5.77. The molecule has 0 atom stereocenters. The third-order valence-corrected chi connectivity index (χ3v) is 2.73. The molecule has 2 aromatic rings. The van der Waals surface area contributed by atoms with Crippen LogP contribution in [0.2, 0.25) is 5.15 Å². The number of benzene rings is 1. The molecule has 2 N–H and O–H groups in total. The van der Waals surface area contributed by atoms with Gasteiger partial charge in [-0.1, -0.05) is 24.6 Å². The Morgan fingerprint density at radius 1 is 1.21 bits per heavy atom. The molecule has 0 aliphatic carbocycles. The second-order valence-corrected chi connectivity index (χ2v) is 4.22. The third kappa shape index (κ3) is 3.26. The van der Waals surface area contributed by atoms with E-state index in [1.165, 1.54) is 6.07 Å². The zero-order valence-electron chi connectivity index (χ0n) is 10.7. The monoisotopic (exact) mass is 279 g/mol. The van der Waals surface area contributed by atoms with Gasteiger partial charge in [0.1, 0.15) is 5.15 Å². The summed E-state index contributed by atoms with van der Waals surface area (Å²) in [5.74, 6) is 1.52. The van der Waals surface area contributed by atoms with Crippen molar-refractivity contribution < 1.29 is 9.47 Å². The van der Waals surface area contributed by atoms with E-state index < -0.39 is 0 Å². The molecule has 0 spiro atoms. The van der Waals surface area contributed by atoms with Crippen LogP contribution in [0, 0.1) is 0 Å². The van der Waals surface area contributed by atoms with Crippen LogP contribution in [0.3, 0.4) is 0 Å². The van der Waals surface area contributed by atoms with Gasteiger partial charge < -0.3 is 15.2 Å². The minimum Gasteiger partial charge on any atom is -0.493 e. The molecule has 0 aliphatic heterocycles. The maximum atomic E-state index is 5.80. The Labute approximate surface area is 116 Å². The largest absolute Gasteiger partial charge is 0.493 e. The summed E-state index contributed by atoms with van der Waals surface area (Å²) in [6, 6.07) is 7.19. The highest BCUT2D eigenvalue weighted by Gasteiger charge is 2.09. The number of nitrogen functional groups attached to an aromatic ring is 1. The SMILES string of the molecule is CCc1ccc(Oc2cc(Cl)nc(N)n2)c(OC)c1. The summed E-state index contributed by atoms with van der Waals surface area (Å²) in [6.07, 6.45) is 0.920. The number of methoxy groups -OCH3 is 1. The second-order valence-electron chi connectivity index (χ2n) is 3.83. The number of ether oxygens (including phenoxy) is 2. The van der Waals surface area contributed by atoms with Gasteiger partial charge in [-0.25, -0.2) is 4.98 Å². The standard InChI is InChI=1S/C13H14ClN3O2/c1-3-8-4-5-9(10(6-8)18-2)19-12-7-11(14)16-13(15)17-12/h4-7H,3H2,1-2H3,(H2,15,16,17). The van der Waals surface area contributed by atoms with Crippen LogP contribution in [0.5, 0.6) is 17.4 Å². The van der Waals surface area contributed by atoms with E-state index in [0.717, 1.165) is 12.0 Å². The minimum absolute atomic E-state index is 0.0617. The number of hydrogen-bond donors (Lipinski definition) is 1. The lowest BCUT2D eigenvalue weighted by Crippen LogP contribution is -1.98. The second kappa shape index (κ2) is 5.75. The van der Waals surface area contributed by atoms with Crippen molar-refractivity contribution in [1.82, 2.24) is 9.97 Å². The summed E-state index contributed by atoms with van der Waals surface area (Å²) in [7, 11) is 1.59. The molecule has 5 nitrogen and oxygen atoms in total. The zero-order chi connectivity index (χ0) is 13.8. The lowest BCUT2D eigenvalue weighted by atomic mass is 10.1. The summed E-state index contributed by atoms with van der Waals surface area (Å²) in [6.45, 7) is 2.07. The summed E-state index contributed by atoms with van der Waals surface area (Å²) in [5, 5.41) is 0.228. The van der Waals surface area contributed by atoms with Gasteiger partial charge in [0.2, 0.25) is 11.8 Å². The van der Waals surface area contributed by atoms with Crippen molar-refractivity contribution in [2.75, 3.05) is 12.8 Å². The summed E-state index contributed by atoms with van der Waals surface area (Å²) in [5.41, 5.74) is 6.67. The predicted molar refractivity (Wildman–Crippen MR) is 73.9 cm³/mol. The highest BCUT2D eigenvalue weighted by atomic mass is 35.5. The van der Waals surface area contributed by atoms with Gasteiger partial charge in [0.05, 0.1) is 7.11 Å². The Bertz CT molecular complexity index is 570. The normalized spacial score (nSPS) is 10.3. The predicted octanol–water partition coefficient (Wildman–Crippen LogP) is 3.08. The maximum Gasteiger partial charge on any atom is 0.225 e. The van der Waals surface area contributed by atoms with E-state index in [-0.39, 0.29) is 17.0 Å². The Kier molecular flexibility index (Phi) is 4.06. The number of nitrogens with zero attached hydrogens (tertiary/aromatic N) is 2. The molecular formula is C13H14ClN3O2. The first kappa shape index (κ1) is 13.4. The molecule has 1 heterocycles. The molecule has 0 bridgehead atoms. The van der Waals surface area contributed by atoms with E-state index in [0.29, 0.717) is 11.5 Å². The zero-order valence-corrected chi connectivity index (χ0v) is 11.4. The molecule has 100 valence electrons. The van der Waals surface area contributed by atoms with Crippen molar-refractivity contribution in [1.29, 1.82) is 0 Å². The van der Waals surface area contributed by atoms with Crippen molar-refractivity contribution in [3.05, 3.63) is 35.0 Å². The number of halogens is 1. The molecule has 0 unspecified atom stereocenters. The first-order valence-corrected chi connectivity index (χ1v) is 6.15.